The van der Waals surface area contributed by atoms with Crippen LogP contribution in [0.3, 0.4) is 0 Å². The Kier molecular flexibility index (Phi) is 8.21. The maximum atomic E-state index is 7.01. The first-order valence-corrected chi connectivity index (χ1v) is 26.5. The SMILES string of the molecule is Cc1ccc(N(c2ccc3c(c2)C(C)(C)c2cc(-c4cccc5oc6ccccc6c45)c4oc5ccccc5c4c2-3)c2ccc3c(c2)C(C)(C)c2c4c(c5oc6ccccc6c5c2-3)-c2ccccc2C4(C)C)c(C)c1. The number of benzene rings is 10. The van der Waals surface area contributed by atoms with Crippen molar-refractivity contribution in [1.29, 1.82) is 0 Å². The molecule has 3 heterocycles. The fourth-order valence-electron chi connectivity index (χ4n) is 14.6. The van der Waals surface area contributed by atoms with Crippen molar-refractivity contribution in [2.24, 2.45) is 0 Å². The first-order chi connectivity index (χ1) is 36.3. The second-order valence-electron chi connectivity index (χ2n) is 23.2. The van der Waals surface area contributed by atoms with E-state index in [0.29, 0.717) is 0 Å². The molecule has 0 saturated heterocycles. The zero-order valence-electron chi connectivity index (χ0n) is 43.4. The highest BCUT2D eigenvalue weighted by Crippen LogP contribution is 2.64. The first kappa shape index (κ1) is 42.9. The number of nitrogens with zero attached hydrogens (tertiary/aromatic N) is 1. The van der Waals surface area contributed by atoms with Gasteiger partial charge < -0.3 is 18.2 Å². The predicted molar refractivity (Wildman–Crippen MR) is 311 cm³/mol. The highest BCUT2D eigenvalue weighted by molar-refractivity contribution is 6.23. The van der Waals surface area contributed by atoms with Gasteiger partial charge in [0.15, 0.2) is 0 Å². The monoisotopic (exact) mass is 967 g/mol. The van der Waals surface area contributed by atoms with Crippen molar-refractivity contribution in [3.05, 3.63) is 220 Å². The van der Waals surface area contributed by atoms with Crippen LogP contribution in [-0.2, 0) is 16.2 Å². The summed E-state index contributed by atoms with van der Waals surface area (Å²) in [7, 11) is 0. The summed E-state index contributed by atoms with van der Waals surface area (Å²) in [5.41, 5.74) is 28.3. The number of para-hydroxylation sites is 3. The molecule has 0 saturated carbocycles. The van der Waals surface area contributed by atoms with Crippen molar-refractivity contribution in [3.8, 4) is 44.5 Å². The summed E-state index contributed by atoms with van der Waals surface area (Å²) in [6, 6.07) is 64.8. The minimum Gasteiger partial charge on any atom is -0.456 e. The molecule has 3 aliphatic rings. The van der Waals surface area contributed by atoms with Gasteiger partial charge in [-0.3, -0.25) is 0 Å². The van der Waals surface area contributed by atoms with Gasteiger partial charge in [0, 0.05) is 76.8 Å². The lowest BCUT2D eigenvalue weighted by Gasteiger charge is -2.32. The number of rotatable bonds is 4. The van der Waals surface area contributed by atoms with Crippen molar-refractivity contribution >= 4 is 82.9 Å². The molecule has 0 fully saturated rings. The fraction of sp³-hybridized carbons (Fsp3) is 0.155. The van der Waals surface area contributed by atoms with Crippen LogP contribution in [0, 0.1) is 13.8 Å². The third-order valence-electron chi connectivity index (χ3n) is 18.0. The van der Waals surface area contributed by atoms with E-state index in [2.05, 4.69) is 230 Å². The van der Waals surface area contributed by atoms with Crippen LogP contribution in [-0.4, -0.2) is 0 Å². The zero-order chi connectivity index (χ0) is 50.6. The molecule has 0 N–H and O–H groups in total. The number of aryl methyl sites for hydroxylation is 2. The molecule has 0 atom stereocenters. The van der Waals surface area contributed by atoms with E-state index in [0.717, 1.165) is 83.2 Å². The van der Waals surface area contributed by atoms with Gasteiger partial charge in [0.1, 0.15) is 33.5 Å². The van der Waals surface area contributed by atoms with Crippen molar-refractivity contribution in [1.82, 2.24) is 0 Å². The van der Waals surface area contributed by atoms with Gasteiger partial charge in [0.25, 0.3) is 0 Å². The van der Waals surface area contributed by atoms with Gasteiger partial charge in [0.05, 0.1) is 0 Å². The highest BCUT2D eigenvalue weighted by atomic mass is 16.3. The normalized spacial score (nSPS) is 15.3. The third-order valence-corrected chi connectivity index (χ3v) is 18.0. The summed E-state index contributed by atoms with van der Waals surface area (Å²) >= 11 is 0. The van der Waals surface area contributed by atoms with Crippen LogP contribution >= 0.6 is 0 Å². The van der Waals surface area contributed by atoms with E-state index in [-0.39, 0.29) is 16.2 Å². The maximum absolute atomic E-state index is 7.01. The minimum atomic E-state index is -0.368. The van der Waals surface area contributed by atoms with Crippen LogP contribution in [0.15, 0.2) is 189 Å². The summed E-state index contributed by atoms with van der Waals surface area (Å²) in [6.07, 6.45) is 0. The van der Waals surface area contributed by atoms with Crippen LogP contribution in [0.25, 0.3) is 110 Å². The Morgan fingerprint density at radius 1 is 0.347 bits per heavy atom. The number of anilines is 3. The Labute approximate surface area is 435 Å². The van der Waals surface area contributed by atoms with E-state index in [4.69, 9.17) is 13.3 Å². The predicted octanol–water partition coefficient (Wildman–Crippen LogP) is 20.1. The molecule has 0 unspecified atom stereocenters. The van der Waals surface area contributed by atoms with Crippen LogP contribution < -0.4 is 4.90 Å². The molecule has 360 valence electrons. The molecule has 0 bridgehead atoms. The average molecular weight is 968 g/mol. The molecular formula is C71H53NO3. The molecule has 13 aromatic rings. The fourth-order valence-corrected chi connectivity index (χ4v) is 14.6. The first-order valence-electron chi connectivity index (χ1n) is 26.5. The van der Waals surface area contributed by atoms with E-state index in [1.165, 1.54) is 88.7 Å². The van der Waals surface area contributed by atoms with Crippen LogP contribution in [0.4, 0.5) is 17.1 Å². The average Bonchev–Trinajstić information content (AvgIpc) is 4.44. The Morgan fingerprint density at radius 2 is 0.867 bits per heavy atom. The van der Waals surface area contributed by atoms with Crippen LogP contribution in [0.2, 0.25) is 0 Å². The zero-order valence-corrected chi connectivity index (χ0v) is 43.4. The molecule has 0 radical (unpaired) electrons. The quantitative estimate of drug-likeness (QED) is 0.176. The van der Waals surface area contributed by atoms with E-state index < -0.39 is 0 Å². The standard InChI is InChI=1S/C71H53NO3/c1-38-28-33-54(39(2)34-38)72(41-30-32-45-52(36-41)71(7,8)65-61(45)63-48-21-12-16-26-57(48)75-68(63)64-43-18-9-13-23-50(43)70(5,6)66(64)65)40-29-31-44-51(35-40)69(3,4)53-37-49(67-62(60(44)53)47-20-11-15-25-56(47)74-67)42-22-17-27-58-59(42)46-19-10-14-24-55(46)73-58/h9-37H,1-8H3. The lowest BCUT2D eigenvalue weighted by Crippen LogP contribution is -2.24. The molecule has 0 amide bonds. The van der Waals surface area contributed by atoms with Gasteiger partial charge >= 0.3 is 0 Å². The lowest BCUT2D eigenvalue weighted by molar-refractivity contribution is 0.600. The number of hydrogen-bond donors (Lipinski definition) is 0. The Hall–Kier alpha value is -8.60. The summed E-state index contributed by atoms with van der Waals surface area (Å²) < 4.78 is 20.5. The van der Waals surface area contributed by atoms with Crippen LogP contribution in [0.5, 0.6) is 0 Å². The maximum Gasteiger partial charge on any atom is 0.144 e. The van der Waals surface area contributed by atoms with Gasteiger partial charge in [-0.25, -0.2) is 0 Å². The Balaban J connectivity index is 0.915. The third kappa shape index (κ3) is 5.41. The summed E-state index contributed by atoms with van der Waals surface area (Å²) in [4.78, 5) is 2.51. The number of furan rings is 3. The smallest absolute Gasteiger partial charge is 0.144 e. The van der Waals surface area contributed by atoms with Gasteiger partial charge in [-0.05, 0) is 147 Å². The lowest BCUT2D eigenvalue weighted by atomic mass is 9.72. The molecule has 0 spiro atoms. The number of fused-ring (bicyclic) bond motifs is 22. The van der Waals surface area contributed by atoms with Crippen molar-refractivity contribution in [3.63, 3.8) is 0 Å². The molecule has 16 rings (SSSR count). The molecule has 3 aromatic heterocycles. The molecule has 0 aliphatic heterocycles. The van der Waals surface area contributed by atoms with E-state index in [9.17, 15) is 0 Å². The summed E-state index contributed by atoms with van der Waals surface area (Å²) in [6.45, 7) is 19.0. The minimum absolute atomic E-state index is 0.235. The Bertz CT molecular complexity index is 4720. The molecular weight excluding hydrogens is 915 g/mol. The highest BCUT2D eigenvalue weighted by Gasteiger charge is 2.49. The molecule has 10 aromatic carbocycles. The summed E-state index contributed by atoms with van der Waals surface area (Å²) in [5, 5.41) is 6.88. The molecule has 4 heteroatoms. The molecule has 3 aliphatic carbocycles. The molecule has 75 heavy (non-hydrogen) atoms. The van der Waals surface area contributed by atoms with Crippen LogP contribution in [0.1, 0.15) is 86.1 Å². The van der Waals surface area contributed by atoms with Crippen molar-refractivity contribution in [2.45, 2.75) is 71.6 Å². The van der Waals surface area contributed by atoms with E-state index in [1.807, 2.05) is 6.07 Å². The Morgan fingerprint density at radius 3 is 1.56 bits per heavy atom. The van der Waals surface area contributed by atoms with Crippen molar-refractivity contribution < 1.29 is 13.3 Å². The van der Waals surface area contributed by atoms with Crippen molar-refractivity contribution in [2.75, 3.05) is 4.90 Å². The number of hydrogen-bond acceptors (Lipinski definition) is 4. The van der Waals surface area contributed by atoms with E-state index in [1.54, 1.807) is 0 Å². The largest absolute Gasteiger partial charge is 0.456 e. The topological polar surface area (TPSA) is 42.7 Å². The second-order valence-corrected chi connectivity index (χ2v) is 23.2. The van der Waals surface area contributed by atoms with E-state index >= 15 is 0 Å². The van der Waals surface area contributed by atoms with Gasteiger partial charge in [-0.2, -0.15) is 0 Å². The second kappa shape index (κ2) is 14.4. The van der Waals surface area contributed by atoms with Gasteiger partial charge in [-0.15, -0.1) is 0 Å². The van der Waals surface area contributed by atoms with Gasteiger partial charge in [-0.1, -0.05) is 162 Å². The molecule has 4 nitrogen and oxygen atoms in total. The summed E-state index contributed by atoms with van der Waals surface area (Å²) in [5.74, 6) is 0. The van der Waals surface area contributed by atoms with Gasteiger partial charge in [0.2, 0.25) is 0 Å².